The minimum atomic E-state index is -0.331. The lowest BCUT2D eigenvalue weighted by molar-refractivity contribution is -0.160. The van der Waals surface area contributed by atoms with E-state index in [0.29, 0.717) is 18.9 Å². The summed E-state index contributed by atoms with van der Waals surface area (Å²) >= 11 is 0. The quantitative estimate of drug-likeness (QED) is 0.756. The minimum absolute atomic E-state index is 0.0463. The van der Waals surface area contributed by atoms with E-state index in [2.05, 4.69) is 16.3 Å². The first-order valence-corrected chi connectivity index (χ1v) is 11.7. The van der Waals surface area contributed by atoms with E-state index in [0.717, 1.165) is 57.5 Å². The van der Waals surface area contributed by atoms with Crippen molar-refractivity contribution in [1.29, 1.82) is 0 Å². The largest absolute Gasteiger partial charge is 0.468 e. The van der Waals surface area contributed by atoms with E-state index in [9.17, 15) is 9.59 Å². The molecule has 4 aliphatic rings. The Hall–Kier alpha value is -2.08. The predicted octanol–water partition coefficient (Wildman–Crippen LogP) is 3.10. The molecule has 0 aromatic carbocycles. The number of rotatable bonds is 5. The number of piperidine rings is 3. The number of allylic oxidation sites excluding steroid dienone is 1. The first-order valence-electron chi connectivity index (χ1n) is 11.7. The maximum absolute atomic E-state index is 13.4. The zero-order chi connectivity index (χ0) is 20.5. The van der Waals surface area contributed by atoms with Crippen molar-refractivity contribution in [3.05, 3.63) is 35.8 Å². The Morgan fingerprint density at radius 2 is 2.07 bits per heavy atom. The minimum Gasteiger partial charge on any atom is -0.468 e. The molecule has 0 saturated carbocycles. The summed E-state index contributed by atoms with van der Waals surface area (Å²) in [6.45, 7) is 3.23. The SMILES string of the molecule is O=C(NCC1=CCCCC1)[C@H]1[C@@H]2C[C@@H](CN(Cc3ccco3)C2)[C@@H]2CCCC(=O)N21. The third kappa shape index (κ3) is 3.94. The van der Waals surface area contributed by atoms with E-state index in [-0.39, 0.29) is 29.8 Å². The number of fused-ring (bicyclic) bond motifs is 4. The van der Waals surface area contributed by atoms with E-state index in [4.69, 9.17) is 4.42 Å². The van der Waals surface area contributed by atoms with Gasteiger partial charge < -0.3 is 14.6 Å². The topological polar surface area (TPSA) is 65.8 Å². The van der Waals surface area contributed by atoms with E-state index in [1.54, 1.807) is 6.26 Å². The third-order valence-corrected chi connectivity index (χ3v) is 7.52. The Morgan fingerprint density at radius 3 is 2.87 bits per heavy atom. The first kappa shape index (κ1) is 19.9. The van der Waals surface area contributed by atoms with E-state index >= 15 is 0 Å². The fourth-order valence-electron chi connectivity index (χ4n) is 6.21. The number of carbonyl (C=O) groups is 2. The van der Waals surface area contributed by atoms with Crippen LogP contribution in [0.5, 0.6) is 0 Å². The molecule has 3 aliphatic heterocycles. The van der Waals surface area contributed by atoms with E-state index in [1.807, 2.05) is 17.0 Å². The van der Waals surface area contributed by atoms with Crippen molar-refractivity contribution in [3.63, 3.8) is 0 Å². The number of likely N-dealkylation sites (tertiary alicyclic amines) is 1. The van der Waals surface area contributed by atoms with Crippen molar-refractivity contribution < 1.29 is 14.0 Å². The number of hydrogen-bond donors (Lipinski definition) is 1. The third-order valence-electron chi connectivity index (χ3n) is 7.52. The number of nitrogens with zero attached hydrogens (tertiary/aromatic N) is 2. The molecule has 2 amide bonds. The van der Waals surface area contributed by atoms with Gasteiger partial charge in [-0.15, -0.1) is 0 Å². The maximum atomic E-state index is 13.4. The summed E-state index contributed by atoms with van der Waals surface area (Å²) in [6.07, 6.45) is 12.3. The summed E-state index contributed by atoms with van der Waals surface area (Å²) in [6, 6.07) is 3.81. The van der Waals surface area contributed by atoms with Gasteiger partial charge in [-0.2, -0.15) is 0 Å². The molecule has 1 N–H and O–H groups in total. The highest BCUT2D eigenvalue weighted by atomic mass is 16.3. The highest BCUT2D eigenvalue weighted by Crippen LogP contribution is 2.42. The van der Waals surface area contributed by atoms with Crippen LogP contribution < -0.4 is 5.32 Å². The molecule has 162 valence electrons. The van der Waals surface area contributed by atoms with Crippen LogP contribution in [0.2, 0.25) is 0 Å². The molecule has 1 aromatic rings. The van der Waals surface area contributed by atoms with Crippen LogP contribution >= 0.6 is 0 Å². The lowest BCUT2D eigenvalue weighted by Crippen LogP contribution is -2.68. The Kier molecular flexibility index (Phi) is 5.68. The molecule has 4 heterocycles. The van der Waals surface area contributed by atoms with Gasteiger partial charge in [0.2, 0.25) is 11.8 Å². The number of amides is 2. The molecular weight excluding hydrogens is 378 g/mol. The lowest BCUT2D eigenvalue weighted by Gasteiger charge is -2.55. The van der Waals surface area contributed by atoms with Gasteiger partial charge in [-0.3, -0.25) is 14.5 Å². The van der Waals surface area contributed by atoms with Crippen LogP contribution in [0.1, 0.15) is 57.1 Å². The van der Waals surface area contributed by atoms with Gasteiger partial charge in [-0.1, -0.05) is 11.6 Å². The zero-order valence-corrected chi connectivity index (χ0v) is 17.7. The van der Waals surface area contributed by atoms with Gasteiger partial charge >= 0.3 is 0 Å². The normalized spacial score (nSPS) is 31.8. The summed E-state index contributed by atoms with van der Waals surface area (Å²) < 4.78 is 5.57. The first-order chi connectivity index (χ1) is 14.7. The molecule has 2 bridgehead atoms. The number of hydrogen-bond acceptors (Lipinski definition) is 4. The van der Waals surface area contributed by atoms with Crippen LogP contribution in [-0.2, 0) is 16.1 Å². The molecule has 0 spiro atoms. The Bertz CT molecular complexity index is 803. The molecule has 0 unspecified atom stereocenters. The fraction of sp³-hybridized carbons (Fsp3) is 0.667. The average Bonchev–Trinajstić information content (AvgIpc) is 3.27. The predicted molar refractivity (Wildman–Crippen MR) is 113 cm³/mol. The average molecular weight is 412 g/mol. The second-order valence-electron chi connectivity index (χ2n) is 9.56. The summed E-state index contributed by atoms with van der Waals surface area (Å²) in [5.74, 6) is 1.84. The standard InChI is InChI=1S/C24H33N3O3/c28-22-10-4-9-21-18-12-19(15-26(14-18)16-20-8-5-11-30-20)23(27(21)22)24(29)25-13-17-6-2-1-3-7-17/h5-6,8,11,18-19,21,23H,1-4,7,9-10,12-16H2,(H,25,29)/t18-,19+,21-,23+/m0/s1. The molecule has 1 aromatic heterocycles. The van der Waals surface area contributed by atoms with Gasteiger partial charge in [0.15, 0.2) is 0 Å². The van der Waals surface area contributed by atoms with Gasteiger partial charge in [-0.05, 0) is 63.0 Å². The second kappa shape index (κ2) is 8.58. The van der Waals surface area contributed by atoms with Crippen LogP contribution in [-0.4, -0.2) is 53.3 Å². The van der Waals surface area contributed by atoms with Gasteiger partial charge in [0, 0.05) is 38.0 Å². The zero-order valence-electron chi connectivity index (χ0n) is 17.7. The summed E-state index contributed by atoms with van der Waals surface area (Å²) in [4.78, 5) is 30.7. The molecule has 6 nitrogen and oxygen atoms in total. The van der Waals surface area contributed by atoms with Gasteiger partial charge in [0.25, 0.3) is 0 Å². The van der Waals surface area contributed by atoms with Crippen LogP contribution in [0, 0.1) is 11.8 Å². The monoisotopic (exact) mass is 411 g/mol. The van der Waals surface area contributed by atoms with E-state index < -0.39 is 0 Å². The molecule has 4 atom stereocenters. The van der Waals surface area contributed by atoms with Crippen molar-refractivity contribution in [2.75, 3.05) is 19.6 Å². The summed E-state index contributed by atoms with van der Waals surface area (Å²) in [5, 5.41) is 3.20. The highest BCUT2D eigenvalue weighted by Gasteiger charge is 2.51. The van der Waals surface area contributed by atoms with Gasteiger partial charge in [0.1, 0.15) is 11.8 Å². The number of furan rings is 1. The maximum Gasteiger partial charge on any atom is 0.243 e. The summed E-state index contributed by atoms with van der Waals surface area (Å²) in [5.41, 5.74) is 1.34. The van der Waals surface area contributed by atoms with E-state index in [1.165, 1.54) is 18.4 Å². The Labute approximate surface area is 178 Å². The van der Waals surface area contributed by atoms with Crippen LogP contribution in [0.15, 0.2) is 34.5 Å². The molecular formula is C24H33N3O3. The Morgan fingerprint density at radius 1 is 1.17 bits per heavy atom. The molecule has 3 saturated heterocycles. The molecule has 1 aliphatic carbocycles. The van der Waals surface area contributed by atoms with Crippen molar-refractivity contribution in [2.24, 2.45) is 11.8 Å². The molecule has 30 heavy (non-hydrogen) atoms. The smallest absolute Gasteiger partial charge is 0.243 e. The molecule has 3 fully saturated rings. The fourth-order valence-corrected chi connectivity index (χ4v) is 6.21. The van der Waals surface area contributed by atoms with Crippen LogP contribution in [0.4, 0.5) is 0 Å². The van der Waals surface area contributed by atoms with Crippen molar-refractivity contribution in [3.8, 4) is 0 Å². The highest BCUT2D eigenvalue weighted by molar-refractivity contribution is 5.89. The second-order valence-corrected chi connectivity index (χ2v) is 9.56. The molecule has 6 heteroatoms. The van der Waals surface area contributed by atoms with Crippen molar-refractivity contribution in [2.45, 2.75) is 70.0 Å². The Balaban J connectivity index is 1.34. The van der Waals surface area contributed by atoms with Crippen molar-refractivity contribution in [1.82, 2.24) is 15.1 Å². The number of carbonyl (C=O) groups excluding carboxylic acids is 2. The molecule has 5 rings (SSSR count). The van der Waals surface area contributed by atoms with Gasteiger partial charge in [-0.25, -0.2) is 0 Å². The van der Waals surface area contributed by atoms with Gasteiger partial charge in [0.05, 0.1) is 12.8 Å². The van der Waals surface area contributed by atoms with Crippen LogP contribution in [0.3, 0.4) is 0 Å². The van der Waals surface area contributed by atoms with Crippen LogP contribution in [0.25, 0.3) is 0 Å². The summed E-state index contributed by atoms with van der Waals surface area (Å²) in [7, 11) is 0. The lowest BCUT2D eigenvalue weighted by atomic mass is 9.71. The molecule has 0 radical (unpaired) electrons. The number of nitrogens with one attached hydrogen (secondary N) is 1. The van der Waals surface area contributed by atoms with Crippen molar-refractivity contribution >= 4 is 11.8 Å².